The molecule has 6 heteroatoms. The Balaban J connectivity index is 2.11. The molecule has 1 aliphatic heterocycles. The number of rotatable bonds is 3. The minimum atomic E-state index is -0.217. The molecular weight excluding hydrogens is 246 g/mol. The van der Waals surface area contributed by atoms with Crippen LogP contribution in [0, 0.1) is 5.92 Å². The standard InChI is InChI=1S/C13H17N3O3/c1-14-12(17)11-7-10(3-5-15-11)16-6-4-9(8-16)13(18)19-2/h3,5,7,9H,4,6,8H2,1-2H3,(H,14,17). The van der Waals surface area contributed by atoms with Gasteiger partial charge in [0.1, 0.15) is 5.69 Å². The number of esters is 1. The van der Waals surface area contributed by atoms with Crippen LogP contribution in [-0.2, 0) is 9.53 Å². The molecule has 0 saturated carbocycles. The van der Waals surface area contributed by atoms with E-state index in [1.165, 1.54) is 7.11 Å². The summed E-state index contributed by atoms with van der Waals surface area (Å²) >= 11 is 0. The molecule has 0 bridgehead atoms. The first-order valence-electron chi connectivity index (χ1n) is 6.16. The Labute approximate surface area is 111 Å². The van der Waals surface area contributed by atoms with E-state index in [0.717, 1.165) is 18.7 Å². The maximum atomic E-state index is 11.5. The van der Waals surface area contributed by atoms with Gasteiger partial charge in [-0.2, -0.15) is 0 Å². The molecule has 1 unspecified atom stereocenters. The fourth-order valence-electron chi connectivity index (χ4n) is 2.22. The summed E-state index contributed by atoms with van der Waals surface area (Å²) in [6.45, 7) is 1.39. The molecule has 0 aromatic carbocycles. The van der Waals surface area contributed by atoms with E-state index in [4.69, 9.17) is 4.74 Å². The molecule has 0 spiro atoms. The van der Waals surface area contributed by atoms with E-state index < -0.39 is 0 Å². The average molecular weight is 263 g/mol. The fraction of sp³-hybridized carbons (Fsp3) is 0.462. The molecule has 2 heterocycles. The maximum Gasteiger partial charge on any atom is 0.310 e. The number of carbonyl (C=O) groups excluding carboxylic acids is 2. The third kappa shape index (κ3) is 2.83. The predicted molar refractivity (Wildman–Crippen MR) is 70.0 cm³/mol. The van der Waals surface area contributed by atoms with Gasteiger partial charge in [-0.05, 0) is 18.6 Å². The molecule has 1 atom stereocenters. The lowest BCUT2D eigenvalue weighted by Crippen LogP contribution is -2.24. The minimum absolute atomic E-state index is 0.0957. The topological polar surface area (TPSA) is 71.5 Å². The SMILES string of the molecule is CNC(=O)c1cc(N2CCC(C(=O)OC)C2)ccn1. The Kier molecular flexibility index (Phi) is 3.99. The Hall–Kier alpha value is -2.11. The smallest absolute Gasteiger partial charge is 0.310 e. The fourth-order valence-corrected chi connectivity index (χ4v) is 2.22. The molecule has 2 rings (SSSR count). The first kappa shape index (κ1) is 13.3. The van der Waals surface area contributed by atoms with Crippen LogP contribution in [0.2, 0.25) is 0 Å². The number of nitrogens with one attached hydrogen (secondary N) is 1. The van der Waals surface area contributed by atoms with Crippen molar-refractivity contribution in [2.75, 3.05) is 32.1 Å². The van der Waals surface area contributed by atoms with E-state index in [1.807, 2.05) is 6.07 Å². The highest BCUT2D eigenvalue weighted by Crippen LogP contribution is 2.24. The Morgan fingerprint density at radius 3 is 3.00 bits per heavy atom. The summed E-state index contributed by atoms with van der Waals surface area (Å²) < 4.78 is 4.76. The summed E-state index contributed by atoms with van der Waals surface area (Å²) in [4.78, 5) is 29.1. The van der Waals surface area contributed by atoms with E-state index in [2.05, 4.69) is 15.2 Å². The third-order valence-electron chi connectivity index (χ3n) is 3.29. The molecule has 1 N–H and O–H groups in total. The van der Waals surface area contributed by atoms with Gasteiger partial charge in [0.2, 0.25) is 0 Å². The van der Waals surface area contributed by atoms with Gasteiger partial charge in [-0.1, -0.05) is 0 Å². The molecule has 0 aliphatic carbocycles. The van der Waals surface area contributed by atoms with Crippen molar-refractivity contribution in [1.82, 2.24) is 10.3 Å². The molecule has 1 amide bonds. The zero-order chi connectivity index (χ0) is 13.8. The second-order valence-corrected chi connectivity index (χ2v) is 4.43. The summed E-state index contributed by atoms with van der Waals surface area (Å²) in [6, 6.07) is 3.57. The number of nitrogens with zero attached hydrogens (tertiary/aromatic N) is 2. The van der Waals surface area contributed by atoms with Gasteiger partial charge in [-0.15, -0.1) is 0 Å². The van der Waals surface area contributed by atoms with Crippen LogP contribution in [0.5, 0.6) is 0 Å². The summed E-state index contributed by atoms with van der Waals surface area (Å²) in [5.41, 5.74) is 1.28. The number of ether oxygens (including phenoxy) is 1. The van der Waals surface area contributed by atoms with Crippen LogP contribution in [0.4, 0.5) is 5.69 Å². The second kappa shape index (κ2) is 5.69. The molecule has 1 aliphatic rings. The van der Waals surface area contributed by atoms with Crippen molar-refractivity contribution in [2.45, 2.75) is 6.42 Å². The Morgan fingerprint density at radius 1 is 1.53 bits per heavy atom. The summed E-state index contributed by atoms with van der Waals surface area (Å²) in [5, 5.41) is 2.54. The summed E-state index contributed by atoms with van der Waals surface area (Å²) in [6.07, 6.45) is 2.37. The lowest BCUT2D eigenvalue weighted by Gasteiger charge is -2.18. The summed E-state index contributed by atoms with van der Waals surface area (Å²) in [5.74, 6) is -0.490. The predicted octanol–water partition coefficient (Wildman–Crippen LogP) is 0.440. The van der Waals surface area contributed by atoms with Gasteiger partial charge in [-0.25, -0.2) is 0 Å². The van der Waals surface area contributed by atoms with Gasteiger partial charge in [0.25, 0.3) is 5.91 Å². The quantitative estimate of drug-likeness (QED) is 0.801. The van der Waals surface area contributed by atoms with Gasteiger partial charge >= 0.3 is 5.97 Å². The number of hydrogen-bond donors (Lipinski definition) is 1. The zero-order valence-corrected chi connectivity index (χ0v) is 11.0. The molecule has 19 heavy (non-hydrogen) atoms. The maximum absolute atomic E-state index is 11.5. The van der Waals surface area contributed by atoms with Crippen molar-refractivity contribution in [3.05, 3.63) is 24.0 Å². The highest BCUT2D eigenvalue weighted by Gasteiger charge is 2.29. The van der Waals surface area contributed by atoms with Gasteiger partial charge in [0.05, 0.1) is 13.0 Å². The van der Waals surface area contributed by atoms with E-state index in [1.54, 1.807) is 19.3 Å². The number of amides is 1. The van der Waals surface area contributed by atoms with Crippen LogP contribution < -0.4 is 10.2 Å². The van der Waals surface area contributed by atoms with E-state index >= 15 is 0 Å². The Bertz CT molecular complexity index is 490. The Morgan fingerprint density at radius 2 is 2.32 bits per heavy atom. The van der Waals surface area contributed by atoms with Crippen LogP contribution in [0.3, 0.4) is 0 Å². The van der Waals surface area contributed by atoms with Crippen molar-refractivity contribution in [1.29, 1.82) is 0 Å². The van der Waals surface area contributed by atoms with E-state index in [-0.39, 0.29) is 17.8 Å². The minimum Gasteiger partial charge on any atom is -0.469 e. The van der Waals surface area contributed by atoms with Crippen LogP contribution in [0.15, 0.2) is 18.3 Å². The van der Waals surface area contributed by atoms with Crippen LogP contribution in [0.25, 0.3) is 0 Å². The number of anilines is 1. The molecule has 102 valence electrons. The second-order valence-electron chi connectivity index (χ2n) is 4.43. The normalized spacial score (nSPS) is 18.2. The number of carbonyl (C=O) groups is 2. The van der Waals surface area contributed by atoms with Gasteiger partial charge in [0, 0.05) is 32.0 Å². The van der Waals surface area contributed by atoms with E-state index in [9.17, 15) is 9.59 Å². The summed E-state index contributed by atoms with van der Waals surface area (Å²) in [7, 11) is 2.97. The number of methoxy groups -OCH3 is 1. The highest BCUT2D eigenvalue weighted by atomic mass is 16.5. The molecule has 1 aromatic heterocycles. The van der Waals surface area contributed by atoms with Gasteiger partial charge < -0.3 is 15.0 Å². The zero-order valence-electron chi connectivity index (χ0n) is 11.0. The lowest BCUT2D eigenvalue weighted by molar-refractivity contribution is -0.144. The van der Waals surface area contributed by atoms with Gasteiger partial charge in [-0.3, -0.25) is 14.6 Å². The van der Waals surface area contributed by atoms with Gasteiger partial charge in [0.15, 0.2) is 0 Å². The molecule has 1 saturated heterocycles. The first-order chi connectivity index (χ1) is 9.15. The number of aromatic nitrogens is 1. The van der Waals surface area contributed by atoms with Crippen molar-refractivity contribution in [3.63, 3.8) is 0 Å². The first-order valence-corrected chi connectivity index (χ1v) is 6.16. The van der Waals surface area contributed by atoms with Crippen LogP contribution >= 0.6 is 0 Å². The number of hydrogen-bond acceptors (Lipinski definition) is 5. The molecule has 1 aromatic rings. The van der Waals surface area contributed by atoms with E-state index in [0.29, 0.717) is 12.2 Å². The van der Waals surface area contributed by atoms with Crippen LogP contribution in [0.1, 0.15) is 16.9 Å². The largest absolute Gasteiger partial charge is 0.469 e. The monoisotopic (exact) mass is 263 g/mol. The molecule has 1 fully saturated rings. The van der Waals surface area contributed by atoms with Crippen molar-refractivity contribution < 1.29 is 14.3 Å². The van der Waals surface area contributed by atoms with Crippen LogP contribution in [-0.4, -0.2) is 44.1 Å². The van der Waals surface area contributed by atoms with Crippen molar-refractivity contribution in [3.8, 4) is 0 Å². The third-order valence-corrected chi connectivity index (χ3v) is 3.29. The van der Waals surface area contributed by atoms with Crippen molar-refractivity contribution >= 4 is 17.6 Å². The van der Waals surface area contributed by atoms with Crippen molar-refractivity contribution in [2.24, 2.45) is 5.92 Å². The number of pyridine rings is 1. The molecule has 0 radical (unpaired) electrons. The molecular formula is C13H17N3O3. The lowest BCUT2D eigenvalue weighted by atomic mass is 10.1. The molecule has 6 nitrogen and oxygen atoms in total. The highest BCUT2D eigenvalue weighted by molar-refractivity contribution is 5.92. The average Bonchev–Trinajstić information content (AvgIpc) is 2.95.